The van der Waals surface area contributed by atoms with Crippen LogP contribution in [-0.4, -0.2) is 57.8 Å². The third-order valence-electron chi connectivity index (χ3n) is 4.98. The van der Waals surface area contributed by atoms with E-state index >= 15 is 0 Å². The first-order valence-corrected chi connectivity index (χ1v) is 10.8. The molecule has 0 saturated carbocycles. The minimum Gasteiger partial charge on any atom is -0.357 e. The quantitative estimate of drug-likeness (QED) is 0.533. The fourth-order valence-electron chi connectivity index (χ4n) is 3.36. The first-order valence-electron chi connectivity index (χ1n) is 9.89. The van der Waals surface area contributed by atoms with Crippen molar-refractivity contribution in [2.24, 2.45) is 4.99 Å². The van der Waals surface area contributed by atoms with Crippen LogP contribution in [0.15, 0.2) is 22.8 Å². The number of aromatic nitrogens is 3. The number of aliphatic imine (C=N–C) groups is 1. The van der Waals surface area contributed by atoms with Crippen LogP contribution in [0.5, 0.6) is 0 Å². The van der Waals surface area contributed by atoms with E-state index in [1.54, 1.807) is 11.2 Å². The molecule has 0 aliphatic carbocycles. The van der Waals surface area contributed by atoms with E-state index in [9.17, 15) is 0 Å². The van der Waals surface area contributed by atoms with Crippen LogP contribution in [0.4, 0.5) is 0 Å². The molecule has 2 N–H and O–H groups in total. The van der Waals surface area contributed by atoms with Crippen LogP contribution in [0.2, 0.25) is 0 Å². The SMILES string of the molecule is CCNC(=NCC(C)N1CCc2sccc2C1)NCCn1cnnc1CC. The highest BCUT2D eigenvalue weighted by Gasteiger charge is 2.21. The standard InChI is InChI=1S/C19H31N7S/c1-4-18-24-23-14-26(18)10-8-21-19(20-5-2)22-12-15(3)25-9-6-17-16(13-25)7-11-27-17/h7,11,14-15H,4-6,8-10,12-13H2,1-3H3,(H2,20,21,22). The summed E-state index contributed by atoms with van der Waals surface area (Å²) in [5.74, 6) is 1.90. The van der Waals surface area contributed by atoms with Crippen molar-refractivity contribution >= 4 is 17.3 Å². The molecule has 8 heteroatoms. The molecule has 0 radical (unpaired) electrons. The molecule has 2 aromatic heterocycles. The van der Waals surface area contributed by atoms with Gasteiger partial charge < -0.3 is 15.2 Å². The molecule has 0 spiro atoms. The van der Waals surface area contributed by atoms with Gasteiger partial charge in [0.15, 0.2) is 5.96 Å². The van der Waals surface area contributed by atoms with E-state index in [2.05, 4.69) is 62.5 Å². The Morgan fingerprint density at radius 3 is 3.07 bits per heavy atom. The first-order chi connectivity index (χ1) is 13.2. The monoisotopic (exact) mass is 389 g/mol. The summed E-state index contributed by atoms with van der Waals surface area (Å²) in [5.41, 5.74) is 1.49. The van der Waals surface area contributed by atoms with Crippen LogP contribution >= 0.6 is 11.3 Å². The number of hydrogen-bond donors (Lipinski definition) is 2. The second kappa shape index (κ2) is 9.85. The number of nitrogens with one attached hydrogen (secondary N) is 2. The molecule has 1 unspecified atom stereocenters. The normalized spacial score (nSPS) is 16.2. The van der Waals surface area contributed by atoms with Crippen molar-refractivity contribution < 1.29 is 0 Å². The van der Waals surface area contributed by atoms with Crippen molar-refractivity contribution in [1.82, 2.24) is 30.3 Å². The number of hydrogen-bond acceptors (Lipinski definition) is 5. The Hall–Kier alpha value is -1.93. The molecule has 1 aliphatic rings. The molecule has 2 aromatic rings. The molecule has 1 atom stereocenters. The highest BCUT2D eigenvalue weighted by Crippen LogP contribution is 2.25. The topological polar surface area (TPSA) is 70.4 Å². The average Bonchev–Trinajstić information content (AvgIpc) is 3.33. The molecule has 0 fully saturated rings. The van der Waals surface area contributed by atoms with Gasteiger partial charge in [-0.05, 0) is 37.3 Å². The van der Waals surface area contributed by atoms with Crippen LogP contribution < -0.4 is 10.6 Å². The zero-order valence-electron chi connectivity index (χ0n) is 16.6. The Morgan fingerprint density at radius 1 is 1.37 bits per heavy atom. The predicted octanol–water partition coefficient (Wildman–Crippen LogP) is 1.90. The van der Waals surface area contributed by atoms with E-state index in [0.717, 1.165) is 63.9 Å². The average molecular weight is 390 g/mol. The molecule has 7 nitrogen and oxygen atoms in total. The highest BCUT2D eigenvalue weighted by molar-refractivity contribution is 7.10. The minimum absolute atomic E-state index is 0.429. The molecule has 0 saturated heterocycles. The predicted molar refractivity (Wildman–Crippen MR) is 111 cm³/mol. The lowest BCUT2D eigenvalue weighted by Crippen LogP contribution is -2.42. The van der Waals surface area contributed by atoms with Gasteiger partial charge in [-0.25, -0.2) is 0 Å². The summed E-state index contributed by atoms with van der Waals surface area (Å²) in [4.78, 5) is 8.90. The molecular weight excluding hydrogens is 358 g/mol. The number of rotatable bonds is 8. The fourth-order valence-corrected chi connectivity index (χ4v) is 4.25. The third-order valence-corrected chi connectivity index (χ3v) is 6.00. The van der Waals surface area contributed by atoms with E-state index in [1.807, 2.05) is 11.3 Å². The maximum Gasteiger partial charge on any atom is 0.191 e. The van der Waals surface area contributed by atoms with Gasteiger partial charge in [-0.15, -0.1) is 21.5 Å². The van der Waals surface area contributed by atoms with Gasteiger partial charge in [0.05, 0.1) is 6.54 Å². The van der Waals surface area contributed by atoms with Crippen molar-refractivity contribution in [3.63, 3.8) is 0 Å². The van der Waals surface area contributed by atoms with Gasteiger partial charge in [-0.2, -0.15) is 0 Å². The smallest absolute Gasteiger partial charge is 0.191 e. The maximum absolute atomic E-state index is 4.81. The number of fused-ring (bicyclic) bond motifs is 1. The van der Waals surface area contributed by atoms with Gasteiger partial charge in [0.25, 0.3) is 0 Å². The van der Waals surface area contributed by atoms with E-state index < -0.39 is 0 Å². The Bertz CT molecular complexity index is 736. The zero-order valence-corrected chi connectivity index (χ0v) is 17.4. The highest BCUT2D eigenvalue weighted by atomic mass is 32.1. The second-order valence-corrected chi connectivity index (χ2v) is 7.88. The van der Waals surface area contributed by atoms with Gasteiger partial charge in [0.1, 0.15) is 12.2 Å². The van der Waals surface area contributed by atoms with E-state index in [4.69, 9.17) is 4.99 Å². The lowest BCUT2D eigenvalue weighted by atomic mass is 10.1. The Kier molecular flexibility index (Phi) is 7.23. The van der Waals surface area contributed by atoms with E-state index in [0.29, 0.717) is 6.04 Å². The van der Waals surface area contributed by atoms with Crippen LogP contribution in [0.25, 0.3) is 0 Å². The number of nitrogens with zero attached hydrogens (tertiary/aromatic N) is 5. The summed E-state index contributed by atoms with van der Waals surface area (Å²) in [6.07, 6.45) is 3.85. The van der Waals surface area contributed by atoms with Crippen molar-refractivity contribution in [2.45, 2.75) is 52.7 Å². The Morgan fingerprint density at radius 2 is 2.26 bits per heavy atom. The lowest BCUT2D eigenvalue weighted by Gasteiger charge is -2.31. The lowest BCUT2D eigenvalue weighted by molar-refractivity contribution is 0.197. The largest absolute Gasteiger partial charge is 0.357 e. The Labute approximate surface area is 165 Å². The maximum atomic E-state index is 4.81. The molecule has 3 rings (SSSR count). The molecule has 3 heterocycles. The van der Waals surface area contributed by atoms with E-state index in [1.165, 1.54) is 5.56 Å². The van der Waals surface area contributed by atoms with Gasteiger partial charge in [-0.3, -0.25) is 9.89 Å². The van der Waals surface area contributed by atoms with Crippen molar-refractivity contribution in [3.8, 4) is 0 Å². The molecule has 27 heavy (non-hydrogen) atoms. The van der Waals surface area contributed by atoms with Gasteiger partial charge in [0, 0.05) is 50.1 Å². The van der Waals surface area contributed by atoms with Gasteiger partial charge in [-0.1, -0.05) is 6.92 Å². The number of guanidine groups is 1. The summed E-state index contributed by atoms with van der Waals surface area (Å²) in [6, 6.07) is 2.70. The fraction of sp³-hybridized carbons (Fsp3) is 0.632. The summed E-state index contributed by atoms with van der Waals surface area (Å²) in [5, 5.41) is 17.1. The molecule has 0 bridgehead atoms. The molecule has 0 amide bonds. The summed E-state index contributed by atoms with van der Waals surface area (Å²) in [6.45, 7) is 11.9. The molecular formula is C19H31N7S. The van der Waals surface area contributed by atoms with Gasteiger partial charge >= 0.3 is 0 Å². The van der Waals surface area contributed by atoms with Crippen LogP contribution in [0.1, 0.15) is 37.0 Å². The molecule has 1 aliphatic heterocycles. The van der Waals surface area contributed by atoms with Crippen LogP contribution in [-0.2, 0) is 25.9 Å². The van der Waals surface area contributed by atoms with Crippen LogP contribution in [0.3, 0.4) is 0 Å². The molecule has 0 aromatic carbocycles. The van der Waals surface area contributed by atoms with E-state index in [-0.39, 0.29) is 0 Å². The summed E-state index contributed by atoms with van der Waals surface area (Å²) in [7, 11) is 0. The Balaban J connectivity index is 1.49. The zero-order chi connectivity index (χ0) is 19.1. The van der Waals surface area contributed by atoms with Gasteiger partial charge in [0.2, 0.25) is 0 Å². The van der Waals surface area contributed by atoms with Crippen molar-refractivity contribution in [3.05, 3.63) is 34.0 Å². The minimum atomic E-state index is 0.429. The van der Waals surface area contributed by atoms with Crippen molar-refractivity contribution in [1.29, 1.82) is 0 Å². The molecule has 148 valence electrons. The van der Waals surface area contributed by atoms with Crippen LogP contribution in [0, 0.1) is 0 Å². The summed E-state index contributed by atoms with van der Waals surface area (Å²) >= 11 is 1.89. The first kappa shape index (κ1) is 19.8. The third kappa shape index (κ3) is 5.29. The number of aryl methyl sites for hydroxylation is 1. The second-order valence-electron chi connectivity index (χ2n) is 6.88. The number of thiophene rings is 1. The summed E-state index contributed by atoms with van der Waals surface area (Å²) < 4.78 is 2.09. The van der Waals surface area contributed by atoms with Crippen molar-refractivity contribution in [2.75, 3.05) is 26.2 Å².